The summed E-state index contributed by atoms with van der Waals surface area (Å²) in [5, 5.41) is 10.3. The second kappa shape index (κ2) is 4.50. The average molecular weight is 229 g/mol. The number of hydrogen-bond acceptors (Lipinski definition) is 1. The van der Waals surface area contributed by atoms with Gasteiger partial charge in [-0.3, -0.25) is 0 Å². The lowest BCUT2D eigenvalue weighted by atomic mass is 9.79. The Labute approximate surface area is 93.9 Å². The first-order valence-corrected chi connectivity index (χ1v) is 5.66. The van der Waals surface area contributed by atoms with Gasteiger partial charge in [-0.25, -0.2) is 4.39 Å². The molecule has 1 unspecified atom stereocenters. The Bertz CT molecular complexity index is 349. The molecule has 1 N–H and O–H groups in total. The van der Waals surface area contributed by atoms with Gasteiger partial charge in [0.05, 0.1) is 6.10 Å². The zero-order valence-corrected chi connectivity index (χ0v) is 9.17. The molecule has 0 spiro atoms. The standard InChI is InChI=1S/C12H14ClFO/c13-11-7-10(14)5-4-9(11)6-12(15)8-2-1-3-8/h4-5,7-8,12,15H,1-3,6H2. The van der Waals surface area contributed by atoms with Crippen molar-refractivity contribution in [3.05, 3.63) is 34.6 Å². The van der Waals surface area contributed by atoms with Crippen molar-refractivity contribution in [1.82, 2.24) is 0 Å². The number of hydrogen-bond donors (Lipinski definition) is 1. The second-order valence-corrected chi connectivity index (χ2v) is 4.61. The van der Waals surface area contributed by atoms with Crippen molar-refractivity contribution >= 4 is 11.6 Å². The van der Waals surface area contributed by atoms with Crippen molar-refractivity contribution < 1.29 is 9.50 Å². The molecule has 0 saturated heterocycles. The maximum absolute atomic E-state index is 12.8. The monoisotopic (exact) mass is 228 g/mol. The van der Waals surface area contributed by atoms with Gasteiger partial charge in [-0.2, -0.15) is 0 Å². The molecule has 1 aliphatic carbocycles. The van der Waals surface area contributed by atoms with E-state index in [1.54, 1.807) is 6.07 Å². The molecule has 1 aromatic carbocycles. The van der Waals surface area contributed by atoms with E-state index >= 15 is 0 Å². The van der Waals surface area contributed by atoms with Crippen LogP contribution >= 0.6 is 11.6 Å². The SMILES string of the molecule is OC(Cc1ccc(F)cc1Cl)C1CCC1. The highest BCUT2D eigenvalue weighted by Crippen LogP contribution is 2.32. The Morgan fingerprint density at radius 3 is 2.73 bits per heavy atom. The van der Waals surface area contributed by atoms with E-state index in [0.717, 1.165) is 18.4 Å². The Morgan fingerprint density at radius 2 is 2.20 bits per heavy atom. The molecule has 0 amide bonds. The molecule has 2 rings (SSSR count). The van der Waals surface area contributed by atoms with Crippen LogP contribution in [0.25, 0.3) is 0 Å². The van der Waals surface area contributed by atoms with Crippen molar-refractivity contribution in [3.63, 3.8) is 0 Å². The minimum absolute atomic E-state index is 0.332. The average Bonchev–Trinajstić information content (AvgIpc) is 2.07. The van der Waals surface area contributed by atoms with Crippen LogP contribution in [0.3, 0.4) is 0 Å². The first-order valence-electron chi connectivity index (χ1n) is 5.29. The minimum Gasteiger partial charge on any atom is -0.392 e. The van der Waals surface area contributed by atoms with Crippen LogP contribution in [0, 0.1) is 11.7 Å². The fourth-order valence-corrected chi connectivity index (χ4v) is 2.15. The van der Waals surface area contributed by atoms with Gasteiger partial charge >= 0.3 is 0 Å². The molecule has 1 aromatic rings. The van der Waals surface area contributed by atoms with Gasteiger partial charge in [0.1, 0.15) is 5.82 Å². The van der Waals surface area contributed by atoms with Gasteiger partial charge in [-0.05, 0) is 36.5 Å². The molecular formula is C12H14ClFO. The molecule has 0 radical (unpaired) electrons. The lowest BCUT2D eigenvalue weighted by Gasteiger charge is -2.30. The van der Waals surface area contributed by atoms with Gasteiger partial charge in [0, 0.05) is 11.4 Å². The number of rotatable bonds is 3. The molecule has 15 heavy (non-hydrogen) atoms. The maximum Gasteiger partial charge on any atom is 0.124 e. The number of aliphatic hydroxyl groups excluding tert-OH is 1. The summed E-state index contributed by atoms with van der Waals surface area (Å²) < 4.78 is 12.8. The predicted molar refractivity (Wildman–Crippen MR) is 58.5 cm³/mol. The van der Waals surface area contributed by atoms with Gasteiger partial charge in [0.15, 0.2) is 0 Å². The molecular weight excluding hydrogens is 215 g/mol. The molecule has 0 aliphatic heterocycles. The van der Waals surface area contributed by atoms with Gasteiger partial charge < -0.3 is 5.11 Å². The first kappa shape index (κ1) is 10.9. The van der Waals surface area contributed by atoms with Crippen LogP contribution < -0.4 is 0 Å². The predicted octanol–water partition coefficient (Wildman–Crippen LogP) is 3.18. The molecule has 0 heterocycles. The molecule has 1 fully saturated rings. The Balaban J connectivity index is 2.03. The third-order valence-electron chi connectivity index (χ3n) is 3.14. The van der Waals surface area contributed by atoms with Crippen LogP contribution in [-0.2, 0) is 6.42 Å². The normalized spacial score (nSPS) is 18.6. The summed E-state index contributed by atoms with van der Waals surface area (Å²) in [7, 11) is 0. The summed E-state index contributed by atoms with van der Waals surface area (Å²) in [6, 6.07) is 4.33. The number of benzene rings is 1. The van der Waals surface area contributed by atoms with Crippen LogP contribution in [0.1, 0.15) is 24.8 Å². The summed E-state index contributed by atoms with van der Waals surface area (Å²) in [6.45, 7) is 0. The third kappa shape index (κ3) is 2.50. The molecule has 3 heteroatoms. The minimum atomic E-state index is -0.332. The Morgan fingerprint density at radius 1 is 1.47 bits per heavy atom. The van der Waals surface area contributed by atoms with Crippen LogP contribution in [0.4, 0.5) is 4.39 Å². The van der Waals surface area contributed by atoms with E-state index in [1.807, 2.05) is 0 Å². The number of aliphatic hydroxyl groups is 1. The zero-order chi connectivity index (χ0) is 10.8. The van der Waals surface area contributed by atoms with Crippen molar-refractivity contribution in [2.24, 2.45) is 5.92 Å². The second-order valence-electron chi connectivity index (χ2n) is 4.20. The zero-order valence-electron chi connectivity index (χ0n) is 8.42. The van der Waals surface area contributed by atoms with Crippen LogP contribution in [0.15, 0.2) is 18.2 Å². The highest BCUT2D eigenvalue weighted by molar-refractivity contribution is 6.31. The van der Waals surface area contributed by atoms with Crippen LogP contribution in [0.5, 0.6) is 0 Å². The third-order valence-corrected chi connectivity index (χ3v) is 3.49. The summed E-state index contributed by atoms with van der Waals surface area (Å²) in [6.07, 6.45) is 3.60. The van der Waals surface area contributed by atoms with E-state index in [-0.39, 0.29) is 11.9 Å². The van der Waals surface area contributed by atoms with E-state index in [0.29, 0.717) is 17.4 Å². The molecule has 1 saturated carbocycles. The van der Waals surface area contributed by atoms with Crippen molar-refractivity contribution in [2.75, 3.05) is 0 Å². The van der Waals surface area contributed by atoms with Crippen molar-refractivity contribution in [2.45, 2.75) is 31.8 Å². The van der Waals surface area contributed by atoms with Crippen LogP contribution in [0.2, 0.25) is 5.02 Å². The lowest BCUT2D eigenvalue weighted by molar-refractivity contribution is 0.0630. The molecule has 1 aliphatic rings. The molecule has 0 bridgehead atoms. The highest BCUT2D eigenvalue weighted by atomic mass is 35.5. The number of halogens is 2. The van der Waals surface area contributed by atoms with E-state index in [1.165, 1.54) is 18.6 Å². The summed E-state index contributed by atoms with van der Waals surface area (Å²) in [4.78, 5) is 0. The van der Waals surface area contributed by atoms with Gasteiger partial charge in [-0.15, -0.1) is 0 Å². The van der Waals surface area contributed by atoms with E-state index in [9.17, 15) is 9.50 Å². The molecule has 1 nitrogen and oxygen atoms in total. The quantitative estimate of drug-likeness (QED) is 0.843. The van der Waals surface area contributed by atoms with E-state index in [2.05, 4.69) is 0 Å². The molecule has 0 aromatic heterocycles. The van der Waals surface area contributed by atoms with Crippen LogP contribution in [-0.4, -0.2) is 11.2 Å². The maximum atomic E-state index is 12.8. The summed E-state index contributed by atoms with van der Waals surface area (Å²) in [5.74, 6) is 0.0769. The van der Waals surface area contributed by atoms with E-state index in [4.69, 9.17) is 11.6 Å². The van der Waals surface area contributed by atoms with Crippen molar-refractivity contribution in [1.29, 1.82) is 0 Å². The Kier molecular flexibility index (Phi) is 3.27. The summed E-state index contributed by atoms with van der Waals surface area (Å²) >= 11 is 5.89. The van der Waals surface area contributed by atoms with Crippen molar-refractivity contribution in [3.8, 4) is 0 Å². The smallest absolute Gasteiger partial charge is 0.124 e. The molecule has 82 valence electrons. The lowest BCUT2D eigenvalue weighted by Crippen LogP contribution is -2.28. The van der Waals surface area contributed by atoms with Gasteiger partial charge in [0.2, 0.25) is 0 Å². The fraction of sp³-hybridized carbons (Fsp3) is 0.500. The topological polar surface area (TPSA) is 20.2 Å². The highest BCUT2D eigenvalue weighted by Gasteiger charge is 2.25. The van der Waals surface area contributed by atoms with E-state index < -0.39 is 0 Å². The Hall–Kier alpha value is -0.600. The van der Waals surface area contributed by atoms with Gasteiger partial charge in [-0.1, -0.05) is 24.1 Å². The summed E-state index contributed by atoms with van der Waals surface area (Å²) in [5.41, 5.74) is 0.831. The largest absolute Gasteiger partial charge is 0.392 e. The van der Waals surface area contributed by atoms with Gasteiger partial charge in [0.25, 0.3) is 0 Å². The molecule has 1 atom stereocenters. The first-order chi connectivity index (χ1) is 7.16. The fourth-order valence-electron chi connectivity index (χ4n) is 1.90.